The average molecular weight is 326 g/mol. The molecule has 0 aliphatic carbocycles. The van der Waals surface area contributed by atoms with Crippen molar-refractivity contribution in [2.75, 3.05) is 7.11 Å². The molecule has 7 heteroatoms. The molecule has 0 spiro atoms. The van der Waals surface area contributed by atoms with Crippen molar-refractivity contribution in [1.29, 1.82) is 0 Å². The Hall–Kier alpha value is -3.35. The van der Waals surface area contributed by atoms with Crippen LogP contribution in [-0.4, -0.2) is 28.3 Å². The van der Waals surface area contributed by atoms with Crippen molar-refractivity contribution in [3.05, 3.63) is 60.0 Å². The van der Waals surface area contributed by atoms with E-state index in [1.165, 1.54) is 12.1 Å². The molecule has 0 bridgehead atoms. The van der Waals surface area contributed by atoms with Gasteiger partial charge < -0.3 is 19.1 Å². The van der Waals surface area contributed by atoms with Gasteiger partial charge in [0.05, 0.1) is 12.7 Å². The highest BCUT2D eigenvalue weighted by molar-refractivity contribution is 5.92. The number of carbonyl (C=O) groups is 1. The molecule has 1 aromatic heterocycles. The molecule has 24 heavy (non-hydrogen) atoms. The zero-order chi connectivity index (χ0) is 16.9. The Labute approximate surface area is 137 Å². The minimum Gasteiger partial charge on any atom is -0.507 e. The average Bonchev–Trinajstić information content (AvgIpc) is 3.09. The smallest absolute Gasteiger partial charge is 0.342 e. The van der Waals surface area contributed by atoms with Gasteiger partial charge in [0.1, 0.15) is 17.1 Å². The van der Waals surface area contributed by atoms with Crippen molar-refractivity contribution in [2.45, 2.75) is 6.61 Å². The molecular weight excluding hydrogens is 312 g/mol. The van der Waals surface area contributed by atoms with Gasteiger partial charge in [-0.2, -0.15) is 4.98 Å². The summed E-state index contributed by atoms with van der Waals surface area (Å²) in [5.74, 6) is 0.254. The SMILES string of the molecule is COc1ccccc1-c1noc(COC(=O)c2ccccc2O)n1. The molecule has 1 heterocycles. The lowest BCUT2D eigenvalue weighted by Crippen LogP contribution is -2.05. The highest BCUT2D eigenvalue weighted by Crippen LogP contribution is 2.27. The highest BCUT2D eigenvalue weighted by Gasteiger charge is 2.16. The van der Waals surface area contributed by atoms with E-state index in [0.717, 1.165) is 0 Å². The summed E-state index contributed by atoms with van der Waals surface area (Å²) in [5, 5.41) is 13.5. The Morgan fingerprint density at radius 2 is 1.92 bits per heavy atom. The first-order valence-electron chi connectivity index (χ1n) is 7.10. The van der Waals surface area contributed by atoms with Crippen molar-refractivity contribution >= 4 is 5.97 Å². The number of hydrogen-bond donors (Lipinski definition) is 1. The molecule has 0 unspecified atom stereocenters. The number of para-hydroxylation sites is 2. The number of hydrogen-bond acceptors (Lipinski definition) is 7. The first-order valence-corrected chi connectivity index (χ1v) is 7.10. The summed E-state index contributed by atoms with van der Waals surface area (Å²) in [6.07, 6.45) is 0. The van der Waals surface area contributed by atoms with Crippen LogP contribution in [0.1, 0.15) is 16.2 Å². The molecule has 2 aromatic carbocycles. The van der Waals surface area contributed by atoms with Crippen LogP contribution in [-0.2, 0) is 11.3 Å². The summed E-state index contributed by atoms with van der Waals surface area (Å²) in [4.78, 5) is 16.1. The quantitative estimate of drug-likeness (QED) is 0.720. The second kappa shape index (κ2) is 6.82. The van der Waals surface area contributed by atoms with Crippen molar-refractivity contribution in [1.82, 2.24) is 10.1 Å². The van der Waals surface area contributed by atoms with Crippen LogP contribution < -0.4 is 4.74 Å². The van der Waals surface area contributed by atoms with E-state index in [1.54, 1.807) is 31.4 Å². The van der Waals surface area contributed by atoms with Crippen LogP contribution in [0.15, 0.2) is 53.1 Å². The molecule has 3 rings (SSSR count). The fourth-order valence-corrected chi connectivity index (χ4v) is 2.10. The number of phenolic OH excluding ortho intramolecular Hbond substituents is 1. The molecule has 122 valence electrons. The third kappa shape index (κ3) is 3.19. The number of ether oxygens (including phenoxy) is 2. The summed E-state index contributed by atoms with van der Waals surface area (Å²) in [5.41, 5.74) is 0.740. The van der Waals surface area contributed by atoms with Crippen LogP contribution in [0.5, 0.6) is 11.5 Å². The first kappa shape index (κ1) is 15.5. The van der Waals surface area contributed by atoms with E-state index in [2.05, 4.69) is 10.1 Å². The molecule has 1 N–H and O–H groups in total. The second-order valence-electron chi connectivity index (χ2n) is 4.81. The predicted molar refractivity (Wildman–Crippen MR) is 83.5 cm³/mol. The Kier molecular flexibility index (Phi) is 4.42. The van der Waals surface area contributed by atoms with E-state index in [1.807, 2.05) is 12.1 Å². The molecule has 0 aliphatic heterocycles. The molecule has 3 aromatic rings. The minimum atomic E-state index is -0.676. The lowest BCUT2D eigenvalue weighted by atomic mass is 10.2. The topological polar surface area (TPSA) is 94.7 Å². The second-order valence-corrected chi connectivity index (χ2v) is 4.81. The van der Waals surface area contributed by atoms with E-state index in [9.17, 15) is 9.90 Å². The third-order valence-corrected chi connectivity index (χ3v) is 3.27. The Balaban J connectivity index is 1.71. The van der Waals surface area contributed by atoms with Crippen molar-refractivity contribution in [3.8, 4) is 22.9 Å². The summed E-state index contributed by atoms with van der Waals surface area (Å²) in [6.45, 7) is -0.199. The van der Waals surface area contributed by atoms with E-state index < -0.39 is 5.97 Å². The van der Waals surface area contributed by atoms with Crippen LogP contribution in [0.4, 0.5) is 0 Å². The molecule has 0 amide bonds. The van der Waals surface area contributed by atoms with Crippen molar-refractivity contribution in [2.24, 2.45) is 0 Å². The number of aromatic nitrogens is 2. The standard InChI is InChI=1S/C17H14N2O5/c1-22-14-9-5-3-7-12(14)16-18-15(24-19-16)10-23-17(21)11-6-2-4-8-13(11)20/h2-9,20H,10H2,1H3. The fourth-order valence-electron chi connectivity index (χ4n) is 2.10. The van der Waals surface area contributed by atoms with Gasteiger partial charge in [-0.05, 0) is 24.3 Å². The van der Waals surface area contributed by atoms with Crippen molar-refractivity contribution < 1.29 is 23.9 Å². The zero-order valence-corrected chi connectivity index (χ0v) is 12.8. The number of phenols is 1. The maximum absolute atomic E-state index is 11.9. The molecular formula is C17H14N2O5. The summed E-state index contributed by atoms with van der Waals surface area (Å²) in [6, 6.07) is 13.3. The normalized spacial score (nSPS) is 10.4. The Bertz CT molecular complexity index is 859. The number of benzene rings is 2. The van der Waals surface area contributed by atoms with Gasteiger partial charge in [0.25, 0.3) is 5.89 Å². The molecule has 7 nitrogen and oxygen atoms in total. The largest absolute Gasteiger partial charge is 0.507 e. The van der Waals surface area contributed by atoms with E-state index in [0.29, 0.717) is 17.1 Å². The van der Waals surface area contributed by atoms with Crippen LogP contribution in [0.25, 0.3) is 11.4 Å². The number of methoxy groups -OCH3 is 1. The summed E-state index contributed by atoms with van der Waals surface area (Å²) in [7, 11) is 1.55. The van der Waals surface area contributed by atoms with Gasteiger partial charge in [0, 0.05) is 0 Å². The van der Waals surface area contributed by atoms with E-state index in [4.69, 9.17) is 14.0 Å². The third-order valence-electron chi connectivity index (χ3n) is 3.27. The van der Waals surface area contributed by atoms with Crippen LogP contribution in [0.3, 0.4) is 0 Å². The van der Waals surface area contributed by atoms with E-state index in [-0.39, 0.29) is 23.8 Å². The molecule has 0 aliphatic rings. The maximum atomic E-state index is 11.9. The van der Waals surface area contributed by atoms with Gasteiger partial charge in [0.15, 0.2) is 6.61 Å². The van der Waals surface area contributed by atoms with Gasteiger partial charge >= 0.3 is 5.97 Å². The first-order chi connectivity index (χ1) is 11.7. The lowest BCUT2D eigenvalue weighted by molar-refractivity contribution is 0.0426. The molecule has 0 saturated heterocycles. The number of rotatable bonds is 5. The maximum Gasteiger partial charge on any atom is 0.342 e. The fraction of sp³-hybridized carbons (Fsp3) is 0.118. The van der Waals surface area contributed by atoms with Crippen LogP contribution in [0.2, 0.25) is 0 Å². The minimum absolute atomic E-state index is 0.0713. The molecule has 0 atom stereocenters. The van der Waals surface area contributed by atoms with Gasteiger partial charge in [-0.3, -0.25) is 0 Å². The van der Waals surface area contributed by atoms with Crippen LogP contribution in [0, 0.1) is 0 Å². The number of aromatic hydroxyl groups is 1. The number of nitrogens with zero attached hydrogens (tertiary/aromatic N) is 2. The predicted octanol–water partition coefficient (Wildman–Crippen LogP) is 2.81. The van der Waals surface area contributed by atoms with Crippen molar-refractivity contribution in [3.63, 3.8) is 0 Å². The van der Waals surface area contributed by atoms with Gasteiger partial charge in [-0.15, -0.1) is 0 Å². The zero-order valence-electron chi connectivity index (χ0n) is 12.8. The monoisotopic (exact) mass is 326 g/mol. The van der Waals surface area contributed by atoms with E-state index >= 15 is 0 Å². The van der Waals surface area contributed by atoms with Gasteiger partial charge in [0.2, 0.25) is 5.82 Å². The summed E-state index contributed by atoms with van der Waals surface area (Å²) < 4.78 is 15.4. The lowest BCUT2D eigenvalue weighted by Gasteiger charge is -2.04. The van der Waals surface area contributed by atoms with Gasteiger partial charge in [-0.25, -0.2) is 4.79 Å². The molecule has 0 radical (unpaired) electrons. The molecule has 0 saturated carbocycles. The van der Waals surface area contributed by atoms with Gasteiger partial charge in [-0.1, -0.05) is 29.4 Å². The highest BCUT2D eigenvalue weighted by atomic mass is 16.6. The van der Waals surface area contributed by atoms with Crippen LogP contribution >= 0.6 is 0 Å². The molecule has 0 fully saturated rings. The number of esters is 1. The Morgan fingerprint density at radius 3 is 2.71 bits per heavy atom. The number of carbonyl (C=O) groups excluding carboxylic acids is 1. The summed E-state index contributed by atoms with van der Waals surface area (Å²) >= 11 is 0. The Morgan fingerprint density at radius 1 is 1.17 bits per heavy atom.